The zero-order chi connectivity index (χ0) is 19.9. The summed E-state index contributed by atoms with van der Waals surface area (Å²) in [5.74, 6) is 0.975. The predicted molar refractivity (Wildman–Crippen MR) is 116 cm³/mol. The number of carbonyl (C=O) groups excluding carboxylic acids is 1. The lowest BCUT2D eigenvalue weighted by atomic mass is 10.2. The van der Waals surface area contributed by atoms with Crippen molar-refractivity contribution in [3.63, 3.8) is 0 Å². The van der Waals surface area contributed by atoms with Crippen molar-refractivity contribution >= 4 is 28.9 Å². The highest BCUT2D eigenvalue weighted by atomic mass is 32.1. The largest absolute Gasteiger partial charge is 0.357 e. The summed E-state index contributed by atoms with van der Waals surface area (Å²) < 4.78 is 0. The van der Waals surface area contributed by atoms with E-state index in [2.05, 4.69) is 35.9 Å². The Morgan fingerprint density at radius 1 is 1.14 bits per heavy atom. The van der Waals surface area contributed by atoms with Gasteiger partial charge >= 0.3 is 6.03 Å². The van der Waals surface area contributed by atoms with Gasteiger partial charge in [-0.15, -0.1) is 11.3 Å². The number of pyridine rings is 2. The Balaban J connectivity index is 1.18. The van der Waals surface area contributed by atoms with Crippen molar-refractivity contribution in [3.8, 4) is 11.3 Å². The van der Waals surface area contributed by atoms with Gasteiger partial charge in [-0.2, -0.15) is 0 Å². The zero-order valence-corrected chi connectivity index (χ0v) is 17.0. The van der Waals surface area contributed by atoms with E-state index in [-0.39, 0.29) is 6.03 Å². The van der Waals surface area contributed by atoms with Crippen molar-refractivity contribution in [1.29, 1.82) is 0 Å². The van der Waals surface area contributed by atoms with E-state index in [0.29, 0.717) is 12.2 Å². The monoisotopic (exact) mass is 408 g/mol. The molecule has 150 valence electrons. The molecule has 3 aromatic rings. The van der Waals surface area contributed by atoms with Crippen LogP contribution in [0.3, 0.4) is 0 Å². The quantitative estimate of drug-likeness (QED) is 0.578. The Labute approximate surface area is 174 Å². The molecule has 0 spiro atoms. The van der Waals surface area contributed by atoms with Gasteiger partial charge in [-0.05, 0) is 43.5 Å². The van der Waals surface area contributed by atoms with Crippen LogP contribution in [0.15, 0.2) is 48.2 Å². The molecule has 3 aromatic heterocycles. The lowest BCUT2D eigenvalue weighted by molar-refractivity contribution is 0.252. The number of thiazole rings is 1. The van der Waals surface area contributed by atoms with Gasteiger partial charge in [0.15, 0.2) is 0 Å². The van der Waals surface area contributed by atoms with Gasteiger partial charge in [-0.1, -0.05) is 0 Å². The Morgan fingerprint density at radius 2 is 1.97 bits per heavy atom. The fourth-order valence-electron chi connectivity index (χ4n) is 3.29. The number of hydrogen-bond donors (Lipinski definition) is 2. The lowest BCUT2D eigenvalue weighted by Gasteiger charge is -2.16. The molecule has 7 nitrogen and oxygen atoms in total. The lowest BCUT2D eigenvalue weighted by Crippen LogP contribution is -2.29. The molecule has 4 rings (SSSR count). The van der Waals surface area contributed by atoms with Crippen molar-refractivity contribution in [2.75, 3.05) is 29.9 Å². The summed E-state index contributed by atoms with van der Waals surface area (Å²) in [7, 11) is 0. The molecule has 29 heavy (non-hydrogen) atoms. The number of aryl methyl sites for hydroxylation is 1. The molecule has 1 saturated heterocycles. The minimum atomic E-state index is -0.211. The first-order valence-corrected chi connectivity index (χ1v) is 10.8. The van der Waals surface area contributed by atoms with Gasteiger partial charge in [0.2, 0.25) is 0 Å². The molecule has 0 atom stereocenters. The molecule has 0 radical (unpaired) electrons. The molecule has 2 amide bonds. The number of nitrogens with one attached hydrogen (secondary N) is 2. The third-order valence-electron chi connectivity index (χ3n) is 4.82. The summed E-state index contributed by atoms with van der Waals surface area (Å²) in [6.07, 6.45) is 9.36. The fourth-order valence-corrected chi connectivity index (χ4v) is 4.14. The van der Waals surface area contributed by atoms with E-state index in [4.69, 9.17) is 0 Å². The molecule has 2 N–H and O–H groups in total. The zero-order valence-electron chi connectivity index (χ0n) is 16.2. The van der Waals surface area contributed by atoms with Crippen molar-refractivity contribution in [1.82, 2.24) is 20.3 Å². The number of anilines is 2. The molecule has 0 aromatic carbocycles. The van der Waals surface area contributed by atoms with Crippen LogP contribution in [-0.2, 0) is 6.42 Å². The summed E-state index contributed by atoms with van der Waals surface area (Å²) in [6.45, 7) is 2.71. The first-order chi connectivity index (χ1) is 14.3. The average molecular weight is 409 g/mol. The Bertz CT molecular complexity index is 922. The summed E-state index contributed by atoms with van der Waals surface area (Å²) in [4.78, 5) is 27.5. The van der Waals surface area contributed by atoms with Crippen LogP contribution in [0, 0.1) is 0 Å². The third kappa shape index (κ3) is 5.29. The van der Waals surface area contributed by atoms with Gasteiger partial charge in [-0.3, -0.25) is 4.98 Å². The number of carbonyl (C=O) groups is 1. The number of nitrogens with zero attached hydrogens (tertiary/aromatic N) is 4. The Kier molecular flexibility index (Phi) is 6.31. The highest BCUT2D eigenvalue weighted by molar-refractivity contribution is 7.09. The van der Waals surface area contributed by atoms with Crippen molar-refractivity contribution < 1.29 is 4.79 Å². The third-order valence-corrected chi connectivity index (χ3v) is 5.73. The van der Waals surface area contributed by atoms with E-state index < -0.39 is 0 Å². The van der Waals surface area contributed by atoms with E-state index in [1.54, 1.807) is 29.9 Å². The number of urea groups is 1. The highest BCUT2D eigenvalue weighted by Crippen LogP contribution is 2.22. The van der Waals surface area contributed by atoms with Crippen LogP contribution in [-0.4, -0.2) is 40.6 Å². The van der Waals surface area contributed by atoms with Crippen LogP contribution in [0.1, 0.15) is 24.3 Å². The van der Waals surface area contributed by atoms with Crippen molar-refractivity contribution in [2.24, 2.45) is 0 Å². The molecule has 1 fully saturated rings. The SMILES string of the molecule is O=C(NCCCc1nc(-c2ccncc2)cs1)Nc1ccc(N2CCCC2)nc1. The molecule has 0 saturated carbocycles. The smallest absolute Gasteiger partial charge is 0.319 e. The molecule has 0 bridgehead atoms. The minimum absolute atomic E-state index is 0.211. The molecule has 0 unspecified atom stereocenters. The molecule has 8 heteroatoms. The number of amides is 2. The first kappa shape index (κ1) is 19.3. The van der Waals surface area contributed by atoms with Crippen LogP contribution in [0.4, 0.5) is 16.3 Å². The number of rotatable bonds is 7. The Morgan fingerprint density at radius 3 is 2.72 bits per heavy atom. The van der Waals surface area contributed by atoms with Gasteiger partial charge in [0.1, 0.15) is 5.82 Å². The van der Waals surface area contributed by atoms with Gasteiger partial charge in [-0.25, -0.2) is 14.8 Å². The number of aromatic nitrogens is 3. The van der Waals surface area contributed by atoms with Gasteiger partial charge in [0, 0.05) is 49.4 Å². The second-order valence-corrected chi connectivity index (χ2v) is 7.89. The summed E-state index contributed by atoms with van der Waals surface area (Å²) in [5, 5.41) is 8.85. The summed E-state index contributed by atoms with van der Waals surface area (Å²) in [5.41, 5.74) is 2.75. The molecule has 0 aliphatic carbocycles. The summed E-state index contributed by atoms with van der Waals surface area (Å²) in [6, 6.07) is 7.56. The van der Waals surface area contributed by atoms with E-state index >= 15 is 0 Å². The van der Waals surface area contributed by atoms with Crippen molar-refractivity contribution in [2.45, 2.75) is 25.7 Å². The normalized spacial score (nSPS) is 13.4. The average Bonchev–Trinajstić information content (AvgIpc) is 3.45. The number of hydrogen-bond acceptors (Lipinski definition) is 6. The van der Waals surface area contributed by atoms with Crippen LogP contribution >= 0.6 is 11.3 Å². The topological polar surface area (TPSA) is 83.0 Å². The van der Waals surface area contributed by atoms with Crippen LogP contribution in [0.5, 0.6) is 0 Å². The summed E-state index contributed by atoms with van der Waals surface area (Å²) >= 11 is 1.65. The van der Waals surface area contributed by atoms with Crippen LogP contribution < -0.4 is 15.5 Å². The molecular weight excluding hydrogens is 384 g/mol. The highest BCUT2D eigenvalue weighted by Gasteiger charge is 2.13. The second-order valence-electron chi connectivity index (χ2n) is 6.95. The molecule has 1 aliphatic heterocycles. The van der Waals surface area contributed by atoms with E-state index in [0.717, 1.165) is 48.0 Å². The second kappa shape index (κ2) is 9.47. The van der Waals surface area contributed by atoms with Crippen LogP contribution in [0.2, 0.25) is 0 Å². The fraction of sp³-hybridized carbons (Fsp3) is 0.333. The molecule has 1 aliphatic rings. The van der Waals surface area contributed by atoms with Gasteiger partial charge in [0.05, 0.1) is 22.6 Å². The van der Waals surface area contributed by atoms with E-state index in [1.807, 2.05) is 24.3 Å². The maximum atomic E-state index is 12.1. The first-order valence-electron chi connectivity index (χ1n) is 9.88. The molecule has 4 heterocycles. The molecular formula is C21H24N6OS. The van der Waals surface area contributed by atoms with E-state index in [9.17, 15) is 4.79 Å². The predicted octanol–water partition coefficient (Wildman–Crippen LogP) is 3.95. The van der Waals surface area contributed by atoms with Crippen LogP contribution in [0.25, 0.3) is 11.3 Å². The van der Waals surface area contributed by atoms with Gasteiger partial charge in [0.25, 0.3) is 0 Å². The standard InChI is InChI=1S/C21H24N6OS/c28-21(25-17-5-6-19(24-14-17)27-12-1-2-13-27)23-9-3-4-20-26-18(15-29-20)16-7-10-22-11-8-16/h5-8,10-11,14-15H,1-4,9,12-13H2,(H2,23,25,28). The Hall–Kier alpha value is -3.00. The van der Waals surface area contributed by atoms with Crippen molar-refractivity contribution in [3.05, 3.63) is 53.2 Å². The maximum absolute atomic E-state index is 12.1. The van der Waals surface area contributed by atoms with Gasteiger partial charge < -0.3 is 15.5 Å². The maximum Gasteiger partial charge on any atom is 0.319 e. The van der Waals surface area contributed by atoms with E-state index in [1.165, 1.54) is 12.8 Å². The minimum Gasteiger partial charge on any atom is -0.357 e.